The van der Waals surface area contributed by atoms with Gasteiger partial charge in [-0.05, 0) is 32.0 Å². The third-order valence-electron chi connectivity index (χ3n) is 4.20. The van der Waals surface area contributed by atoms with Crippen molar-refractivity contribution in [2.75, 3.05) is 5.32 Å². The number of hydrogen-bond donors (Lipinski definition) is 2. The molecule has 0 fully saturated rings. The summed E-state index contributed by atoms with van der Waals surface area (Å²) in [5, 5.41) is 13.5. The van der Waals surface area contributed by atoms with Gasteiger partial charge >= 0.3 is 6.03 Å². The maximum atomic E-state index is 14.4. The average Bonchev–Trinajstić information content (AvgIpc) is 3.14. The van der Waals surface area contributed by atoms with Crippen molar-refractivity contribution in [1.82, 2.24) is 24.9 Å². The largest absolute Gasteiger partial charge is 0.332 e. The van der Waals surface area contributed by atoms with E-state index in [4.69, 9.17) is 0 Å². The molecule has 2 aromatic heterocycles. The van der Waals surface area contributed by atoms with Crippen LogP contribution in [-0.2, 0) is 19.6 Å². The first-order valence-corrected chi connectivity index (χ1v) is 8.85. The van der Waals surface area contributed by atoms with E-state index in [-0.39, 0.29) is 24.2 Å². The number of benzene rings is 1. The number of rotatable bonds is 6. The SMILES string of the molecule is CCn1ncc(CNC(=O)Nc2cccc(F)c2Cn2cccc(C)c2=O)n1. The molecule has 0 saturated heterocycles. The molecule has 146 valence electrons. The summed E-state index contributed by atoms with van der Waals surface area (Å²) < 4.78 is 15.8. The van der Waals surface area contributed by atoms with Crippen LogP contribution in [0.3, 0.4) is 0 Å². The summed E-state index contributed by atoms with van der Waals surface area (Å²) in [5.74, 6) is -0.503. The van der Waals surface area contributed by atoms with Gasteiger partial charge in [-0.2, -0.15) is 15.0 Å². The van der Waals surface area contributed by atoms with Crippen molar-refractivity contribution in [1.29, 1.82) is 0 Å². The van der Waals surface area contributed by atoms with Crippen molar-refractivity contribution in [2.45, 2.75) is 33.5 Å². The molecule has 3 rings (SSSR count). The van der Waals surface area contributed by atoms with Crippen LogP contribution in [0.15, 0.2) is 47.5 Å². The number of nitrogens with one attached hydrogen (secondary N) is 2. The van der Waals surface area contributed by atoms with Gasteiger partial charge in [0.1, 0.15) is 11.5 Å². The number of pyridine rings is 1. The molecule has 0 atom stereocenters. The number of amides is 2. The van der Waals surface area contributed by atoms with E-state index < -0.39 is 11.8 Å². The lowest BCUT2D eigenvalue weighted by molar-refractivity contribution is 0.251. The van der Waals surface area contributed by atoms with Crippen LogP contribution in [0.2, 0.25) is 0 Å². The van der Waals surface area contributed by atoms with E-state index in [0.717, 1.165) is 0 Å². The van der Waals surface area contributed by atoms with Crippen LogP contribution >= 0.6 is 0 Å². The topological polar surface area (TPSA) is 93.8 Å². The average molecular weight is 384 g/mol. The van der Waals surface area contributed by atoms with Crippen LogP contribution in [0, 0.1) is 12.7 Å². The summed E-state index contributed by atoms with van der Waals surface area (Å²) in [7, 11) is 0. The first-order valence-electron chi connectivity index (χ1n) is 8.85. The summed E-state index contributed by atoms with van der Waals surface area (Å²) >= 11 is 0. The van der Waals surface area contributed by atoms with Crippen LogP contribution in [0.25, 0.3) is 0 Å². The zero-order valence-corrected chi connectivity index (χ0v) is 15.6. The quantitative estimate of drug-likeness (QED) is 0.682. The third-order valence-corrected chi connectivity index (χ3v) is 4.20. The first-order chi connectivity index (χ1) is 13.5. The van der Waals surface area contributed by atoms with E-state index in [9.17, 15) is 14.0 Å². The first kappa shape index (κ1) is 19.3. The zero-order valence-electron chi connectivity index (χ0n) is 15.6. The Bertz CT molecular complexity index is 1040. The van der Waals surface area contributed by atoms with Gasteiger partial charge in [0.2, 0.25) is 0 Å². The Labute approximate surface area is 161 Å². The number of hydrogen-bond acceptors (Lipinski definition) is 4. The number of aryl methyl sites for hydroxylation is 2. The molecule has 0 radical (unpaired) electrons. The van der Waals surface area contributed by atoms with E-state index >= 15 is 0 Å². The predicted octanol–water partition coefficient (Wildman–Crippen LogP) is 2.28. The number of halogens is 1. The minimum atomic E-state index is -0.505. The monoisotopic (exact) mass is 384 g/mol. The van der Waals surface area contributed by atoms with Crippen LogP contribution < -0.4 is 16.2 Å². The third kappa shape index (κ3) is 4.43. The van der Waals surface area contributed by atoms with Gasteiger partial charge in [0.15, 0.2) is 0 Å². The Morgan fingerprint density at radius 2 is 2.07 bits per heavy atom. The van der Waals surface area contributed by atoms with E-state index in [1.54, 1.807) is 37.5 Å². The molecule has 1 aromatic carbocycles. The van der Waals surface area contributed by atoms with Gasteiger partial charge in [0.05, 0.1) is 31.5 Å². The van der Waals surface area contributed by atoms with Crippen LogP contribution in [-0.4, -0.2) is 25.6 Å². The highest BCUT2D eigenvalue weighted by Crippen LogP contribution is 2.20. The van der Waals surface area contributed by atoms with E-state index in [1.165, 1.54) is 21.5 Å². The van der Waals surface area contributed by atoms with Crippen molar-refractivity contribution < 1.29 is 9.18 Å². The molecule has 2 amide bonds. The molecule has 28 heavy (non-hydrogen) atoms. The highest BCUT2D eigenvalue weighted by Gasteiger charge is 2.13. The molecule has 0 saturated carbocycles. The fourth-order valence-electron chi connectivity index (χ4n) is 2.69. The second-order valence-corrected chi connectivity index (χ2v) is 6.22. The van der Waals surface area contributed by atoms with Crippen molar-refractivity contribution in [3.05, 3.63) is 75.7 Å². The molecular formula is C19H21FN6O2. The zero-order chi connectivity index (χ0) is 20.1. The molecular weight excluding hydrogens is 363 g/mol. The Hall–Kier alpha value is -3.49. The molecule has 0 bridgehead atoms. The maximum Gasteiger partial charge on any atom is 0.319 e. The molecule has 0 unspecified atom stereocenters. The van der Waals surface area contributed by atoms with Crippen molar-refractivity contribution in [3.63, 3.8) is 0 Å². The van der Waals surface area contributed by atoms with Crippen molar-refractivity contribution in [2.24, 2.45) is 0 Å². The number of aromatic nitrogens is 4. The van der Waals surface area contributed by atoms with E-state index in [1.807, 2.05) is 6.92 Å². The number of urea groups is 1. The summed E-state index contributed by atoms with van der Waals surface area (Å²) in [6.45, 7) is 4.44. The van der Waals surface area contributed by atoms with Gasteiger partial charge in [0, 0.05) is 17.3 Å². The lowest BCUT2D eigenvalue weighted by Crippen LogP contribution is -2.29. The Morgan fingerprint density at radius 1 is 1.25 bits per heavy atom. The highest BCUT2D eigenvalue weighted by molar-refractivity contribution is 5.90. The summed E-state index contributed by atoms with van der Waals surface area (Å²) in [6.07, 6.45) is 3.16. The molecule has 3 aromatic rings. The van der Waals surface area contributed by atoms with Gasteiger partial charge in [-0.25, -0.2) is 9.18 Å². The summed E-state index contributed by atoms with van der Waals surface area (Å²) in [5.41, 5.74) is 1.49. The molecule has 8 nitrogen and oxygen atoms in total. The van der Waals surface area contributed by atoms with Gasteiger partial charge in [0.25, 0.3) is 5.56 Å². The minimum absolute atomic E-state index is 0.00757. The number of anilines is 1. The maximum absolute atomic E-state index is 14.4. The Balaban J connectivity index is 1.73. The molecule has 2 heterocycles. The normalized spacial score (nSPS) is 10.7. The predicted molar refractivity (Wildman–Crippen MR) is 102 cm³/mol. The fraction of sp³-hybridized carbons (Fsp3) is 0.263. The standard InChI is InChI=1S/C19H21FN6O2/c1-3-26-22-11-14(24-26)10-21-19(28)23-17-8-4-7-16(20)15(17)12-25-9-5-6-13(2)18(25)27/h4-9,11H,3,10,12H2,1-2H3,(H2,21,23,28). The highest BCUT2D eigenvalue weighted by atomic mass is 19.1. The van der Waals surface area contributed by atoms with Gasteiger partial charge in [-0.3, -0.25) is 4.79 Å². The number of carbonyl (C=O) groups is 1. The number of carbonyl (C=O) groups excluding carboxylic acids is 1. The van der Waals surface area contributed by atoms with E-state index in [0.29, 0.717) is 23.5 Å². The van der Waals surface area contributed by atoms with Crippen LogP contribution in [0.4, 0.5) is 14.9 Å². The van der Waals surface area contributed by atoms with Crippen molar-refractivity contribution in [3.8, 4) is 0 Å². The molecule has 0 aliphatic carbocycles. The van der Waals surface area contributed by atoms with Crippen LogP contribution in [0.5, 0.6) is 0 Å². The van der Waals surface area contributed by atoms with Gasteiger partial charge in [-0.15, -0.1) is 0 Å². The minimum Gasteiger partial charge on any atom is -0.332 e. The molecule has 2 N–H and O–H groups in total. The second kappa shape index (κ2) is 8.47. The molecule has 0 aliphatic rings. The van der Waals surface area contributed by atoms with Crippen molar-refractivity contribution >= 4 is 11.7 Å². The van der Waals surface area contributed by atoms with E-state index in [2.05, 4.69) is 20.8 Å². The molecule has 0 aliphatic heterocycles. The van der Waals surface area contributed by atoms with Gasteiger partial charge < -0.3 is 15.2 Å². The Kier molecular flexibility index (Phi) is 5.83. The summed E-state index contributed by atoms with van der Waals surface area (Å²) in [6, 6.07) is 7.30. The molecule has 0 spiro atoms. The van der Waals surface area contributed by atoms with Crippen LogP contribution in [0.1, 0.15) is 23.7 Å². The smallest absolute Gasteiger partial charge is 0.319 e. The lowest BCUT2D eigenvalue weighted by atomic mass is 10.1. The summed E-state index contributed by atoms with van der Waals surface area (Å²) in [4.78, 5) is 26.0. The second-order valence-electron chi connectivity index (χ2n) is 6.22. The fourth-order valence-corrected chi connectivity index (χ4v) is 2.69. The lowest BCUT2D eigenvalue weighted by Gasteiger charge is -2.14. The number of nitrogens with zero attached hydrogens (tertiary/aromatic N) is 4. The van der Waals surface area contributed by atoms with Gasteiger partial charge in [-0.1, -0.05) is 12.1 Å². The molecule has 9 heteroatoms. The Morgan fingerprint density at radius 3 is 2.82 bits per heavy atom.